The highest BCUT2D eigenvalue weighted by Crippen LogP contribution is 2.32. The fraction of sp³-hybridized carbons (Fsp3) is 0.560. The van der Waals surface area contributed by atoms with Gasteiger partial charge in [0.2, 0.25) is 0 Å². The molecule has 37 heavy (non-hydrogen) atoms. The summed E-state index contributed by atoms with van der Waals surface area (Å²) in [5.41, 5.74) is 1.57. The van der Waals surface area contributed by atoms with Crippen LogP contribution in [0.4, 0.5) is 5.69 Å². The minimum Gasteiger partial charge on any atom is -0.493 e. The van der Waals surface area contributed by atoms with Gasteiger partial charge in [0, 0.05) is 32.1 Å². The van der Waals surface area contributed by atoms with Crippen LogP contribution in [-0.4, -0.2) is 76.5 Å². The van der Waals surface area contributed by atoms with Crippen molar-refractivity contribution in [2.45, 2.75) is 53.4 Å². The number of likely N-dealkylation sites (N-methyl/N-ethyl adjacent to an activating group) is 1. The van der Waals surface area contributed by atoms with Gasteiger partial charge in [-0.15, -0.1) is 5.10 Å². The monoisotopic (exact) mass is 531 g/mol. The number of aryl methyl sites for hydroxylation is 1. The molecular weight excluding hydrogens is 494 g/mol. The lowest BCUT2D eigenvalue weighted by Gasteiger charge is -2.33. The zero-order valence-electron chi connectivity index (χ0n) is 22.2. The Morgan fingerprint density at radius 1 is 1.11 bits per heavy atom. The maximum atomic E-state index is 13.1. The normalized spacial score (nSPS) is 15.5. The van der Waals surface area contributed by atoms with Crippen LogP contribution in [0.15, 0.2) is 23.0 Å². The number of piperazine rings is 1. The van der Waals surface area contributed by atoms with E-state index in [1.54, 1.807) is 29.6 Å². The number of hydrogen-bond acceptors (Lipinski definition) is 7. The average Bonchev–Trinajstić information content (AvgIpc) is 3.22. The van der Waals surface area contributed by atoms with E-state index >= 15 is 0 Å². The summed E-state index contributed by atoms with van der Waals surface area (Å²) in [7, 11) is -3.75. The number of nitrogens with one attached hydrogen (secondary N) is 2. The molecule has 1 aliphatic rings. The lowest BCUT2D eigenvalue weighted by molar-refractivity contribution is 0.197. The molecule has 11 nitrogen and oxygen atoms in total. The van der Waals surface area contributed by atoms with E-state index in [4.69, 9.17) is 9.84 Å². The van der Waals surface area contributed by atoms with Gasteiger partial charge >= 0.3 is 10.2 Å². The Hall–Kier alpha value is -2.96. The molecule has 0 atom stereocenters. The smallest absolute Gasteiger partial charge is 0.301 e. The molecule has 0 radical (unpaired) electrons. The van der Waals surface area contributed by atoms with Crippen molar-refractivity contribution in [3.63, 3.8) is 0 Å². The van der Waals surface area contributed by atoms with Crippen molar-refractivity contribution >= 4 is 21.4 Å². The molecule has 4 rings (SSSR count). The molecule has 1 fully saturated rings. The quantitative estimate of drug-likeness (QED) is 0.412. The Morgan fingerprint density at radius 3 is 2.43 bits per heavy atom. The zero-order chi connectivity index (χ0) is 26.7. The second kappa shape index (κ2) is 11.2. The number of rotatable bonds is 10. The molecule has 202 valence electrons. The minimum atomic E-state index is -3.75. The molecule has 2 N–H and O–H groups in total. The van der Waals surface area contributed by atoms with Crippen molar-refractivity contribution in [1.82, 2.24) is 28.8 Å². The third kappa shape index (κ3) is 5.51. The minimum absolute atomic E-state index is 0.154. The Morgan fingerprint density at radius 2 is 1.81 bits per heavy atom. The summed E-state index contributed by atoms with van der Waals surface area (Å²) in [5, 5.41) is 4.76. The summed E-state index contributed by atoms with van der Waals surface area (Å²) < 4.78 is 37.8. The summed E-state index contributed by atoms with van der Waals surface area (Å²) >= 11 is 0. The van der Waals surface area contributed by atoms with Crippen molar-refractivity contribution in [1.29, 1.82) is 0 Å². The molecule has 0 saturated carbocycles. The summed E-state index contributed by atoms with van der Waals surface area (Å²) in [5.74, 6) is 1.67. The van der Waals surface area contributed by atoms with Crippen LogP contribution in [0.3, 0.4) is 0 Å². The number of anilines is 1. The summed E-state index contributed by atoms with van der Waals surface area (Å²) in [6.07, 6.45) is 1.74. The van der Waals surface area contributed by atoms with E-state index in [2.05, 4.69) is 40.4 Å². The number of nitrogens with zero attached hydrogens (tertiary/aromatic N) is 5. The largest absolute Gasteiger partial charge is 0.493 e. The first kappa shape index (κ1) is 27.1. The number of fused-ring (bicyclic) bond motifs is 1. The summed E-state index contributed by atoms with van der Waals surface area (Å²) in [6, 6.07) is 4.99. The number of imidazole rings is 1. The van der Waals surface area contributed by atoms with Gasteiger partial charge in [-0.25, -0.2) is 9.50 Å². The van der Waals surface area contributed by atoms with Crippen LogP contribution >= 0.6 is 0 Å². The van der Waals surface area contributed by atoms with Crippen molar-refractivity contribution in [3.8, 4) is 17.1 Å². The van der Waals surface area contributed by atoms with Crippen molar-refractivity contribution in [3.05, 3.63) is 40.1 Å². The van der Waals surface area contributed by atoms with Crippen LogP contribution in [0.1, 0.15) is 58.0 Å². The first-order chi connectivity index (χ1) is 17.7. The lowest BCUT2D eigenvalue weighted by Crippen LogP contribution is -2.50. The number of benzene rings is 1. The van der Waals surface area contributed by atoms with Crippen LogP contribution in [-0.2, 0) is 10.2 Å². The van der Waals surface area contributed by atoms with Crippen LogP contribution < -0.4 is 15.0 Å². The standard InChI is InChI=1S/C25H37N7O4S/c1-6-18(7-2)24-26-17(5)22-25(33)27-23(28-32(22)24)20-16-19(10-11-21(20)36-9-4)29-37(34,35)31-14-12-30(8-3)13-15-31/h10-11,16,18,29H,6-9,12-15H2,1-5H3,(H,27,28,33). The average molecular weight is 532 g/mol. The number of aromatic amines is 1. The van der Waals surface area contributed by atoms with Crippen molar-refractivity contribution < 1.29 is 13.2 Å². The predicted octanol–water partition coefficient (Wildman–Crippen LogP) is 2.99. The lowest BCUT2D eigenvalue weighted by atomic mass is 10.0. The number of ether oxygens (including phenoxy) is 1. The Bertz CT molecular complexity index is 1400. The van der Waals surface area contributed by atoms with E-state index in [9.17, 15) is 13.2 Å². The highest BCUT2D eigenvalue weighted by Gasteiger charge is 2.27. The van der Waals surface area contributed by atoms with Crippen LogP contribution in [0.2, 0.25) is 0 Å². The molecule has 1 aliphatic heterocycles. The molecule has 0 aliphatic carbocycles. The molecule has 12 heteroatoms. The second-order valence-corrected chi connectivity index (χ2v) is 10.9. The van der Waals surface area contributed by atoms with E-state index in [0.29, 0.717) is 61.0 Å². The second-order valence-electron chi connectivity index (χ2n) is 9.22. The molecule has 1 aromatic carbocycles. The molecule has 3 aromatic rings. The third-order valence-corrected chi connectivity index (χ3v) is 8.49. The van der Waals surface area contributed by atoms with Gasteiger partial charge in [-0.2, -0.15) is 12.7 Å². The Kier molecular flexibility index (Phi) is 8.20. The Labute approximate surface area is 218 Å². The highest BCUT2D eigenvalue weighted by atomic mass is 32.2. The number of aromatic nitrogens is 4. The van der Waals surface area contributed by atoms with E-state index in [0.717, 1.165) is 25.2 Å². The summed E-state index contributed by atoms with van der Waals surface area (Å²) in [6.45, 7) is 13.4. The van der Waals surface area contributed by atoms with Gasteiger partial charge in [-0.1, -0.05) is 20.8 Å². The molecule has 0 bridgehead atoms. The number of H-pyrrole nitrogens is 1. The van der Waals surface area contributed by atoms with E-state index in [1.165, 1.54) is 4.31 Å². The zero-order valence-corrected chi connectivity index (χ0v) is 23.1. The topological polar surface area (TPSA) is 125 Å². The summed E-state index contributed by atoms with van der Waals surface area (Å²) in [4.78, 5) is 22.9. The van der Waals surface area contributed by atoms with Gasteiger partial charge in [0.05, 0.1) is 23.6 Å². The van der Waals surface area contributed by atoms with Gasteiger partial charge in [0.15, 0.2) is 11.3 Å². The first-order valence-corrected chi connectivity index (χ1v) is 14.4. The van der Waals surface area contributed by atoms with Crippen molar-refractivity contribution in [2.24, 2.45) is 0 Å². The van der Waals surface area contributed by atoms with E-state index in [-0.39, 0.29) is 17.3 Å². The maximum Gasteiger partial charge on any atom is 0.301 e. The van der Waals surface area contributed by atoms with Gasteiger partial charge in [0.25, 0.3) is 5.56 Å². The van der Waals surface area contributed by atoms with Gasteiger partial charge in [-0.05, 0) is 51.4 Å². The van der Waals surface area contributed by atoms with Crippen molar-refractivity contribution in [2.75, 3.05) is 44.1 Å². The third-order valence-electron chi connectivity index (χ3n) is 6.95. The van der Waals surface area contributed by atoms with Gasteiger partial charge in [0.1, 0.15) is 11.6 Å². The fourth-order valence-electron chi connectivity index (χ4n) is 4.79. The molecule has 3 heterocycles. The number of hydrogen-bond donors (Lipinski definition) is 2. The van der Waals surface area contributed by atoms with E-state index in [1.807, 2.05) is 6.92 Å². The molecule has 0 spiro atoms. The molecule has 1 saturated heterocycles. The molecular formula is C25H37N7O4S. The van der Waals surface area contributed by atoms with E-state index < -0.39 is 10.2 Å². The predicted molar refractivity (Wildman–Crippen MR) is 145 cm³/mol. The van der Waals surface area contributed by atoms with Gasteiger partial charge < -0.3 is 14.6 Å². The SMILES string of the molecule is CCOc1ccc(NS(=O)(=O)N2CCN(CC)CC2)cc1-c1nn2c(C(CC)CC)nc(C)c2c(=O)[nH]1. The molecule has 0 unspecified atom stereocenters. The van der Waals surface area contributed by atoms with Crippen LogP contribution in [0, 0.1) is 6.92 Å². The first-order valence-electron chi connectivity index (χ1n) is 13.0. The maximum absolute atomic E-state index is 13.1. The molecule has 2 aromatic heterocycles. The van der Waals surface area contributed by atoms with Gasteiger partial charge in [-0.3, -0.25) is 9.52 Å². The van der Waals surface area contributed by atoms with Crippen LogP contribution in [0.5, 0.6) is 5.75 Å². The highest BCUT2D eigenvalue weighted by molar-refractivity contribution is 7.90. The molecule has 0 amide bonds. The van der Waals surface area contributed by atoms with Crippen LogP contribution in [0.25, 0.3) is 16.9 Å². The Balaban J connectivity index is 1.75. The fourth-order valence-corrected chi connectivity index (χ4v) is 5.99.